The Morgan fingerprint density at radius 1 is 1.33 bits per heavy atom. The Kier molecular flexibility index (Phi) is 5.92. The van der Waals surface area contributed by atoms with Crippen LogP contribution in [-0.4, -0.2) is 53.4 Å². The molecule has 1 aromatic rings. The van der Waals surface area contributed by atoms with E-state index >= 15 is 0 Å². The normalized spacial score (nSPS) is 25.0. The van der Waals surface area contributed by atoms with Gasteiger partial charge in [0.05, 0.1) is 23.2 Å². The zero-order valence-corrected chi connectivity index (χ0v) is 17.2. The largest absolute Gasteiger partial charge is 0.481 e. The molecule has 0 aromatic heterocycles. The van der Waals surface area contributed by atoms with Crippen LogP contribution in [0.5, 0.6) is 0 Å². The molecule has 0 saturated carbocycles. The number of hydrogen-bond acceptors (Lipinski definition) is 5. The molecule has 3 rings (SSSR count). The fraction of sp³-hybridized carbons (Fsp3) is 0.438. The molecule has 1 amide bonds. The van der Waals surface area contributed by atoms with Crippen LogP contribution in [0.3, 0.4) is 0 Å². The standard InChI is InChI=1S/C16H16BrFN2O5S2/c17-9-4-5-11(10(18)6-9)20-12-7-27(24,25)8-13(12)26-16(20)19-14(21)2-1-3-15(22)23/h4-6,12-13H,1-3,7-8H2,(H,22,23)/t12-,13-/m0/s1. The van der Waals surface area contributed by atoms with Gasteiger partial charge in [0.1, 0.15) is 5.82 Å². The minimum atomic E-state index is -3.24. The molecule has 2 fully saturated rings. The van der Waals surface area contributed by atoms with E-state index < -0.39 is 33.6 Å². The number of aliphatic imine (C=N–C) groups is 1. The van der Waals surface area contributed by atoms with Gasteiger partial charge in [-0.25, -0.2) is 12.8 Å². The molecular formula is C16H16BrFN2O5S2. The maximum absolute atomic E-state index is 14.5. The van der Waals surface area contributed by atoms with Crippen LogP contribution in [0.25, 0.3) is 0 Å². The zero-order valence-electron chi connectivity index (χ0n) is 14.0. The van der Waals surface area contributed by atoms with Crippen LogP contribution in [-0.2, 0) is 19.4 Å². The van der Waals surface area contributed by atoms with Gasteiger partial charge in [0.15, 0.2) is 15.0 Å². The van der Waals surface area contributed by atoms with Crippen LogP contribution >= 0.6 is 27.7 Å². The smallest absolute Gasteiger partial charge is 0.303 e. The second kappa shape index (κ2) is 7.88. The average molecular weight is 479 g/mol. The Morgan fingerprint density at radius 3 is 2.74 bits per heavy atom. The summed E-state index contributed by atoms with van der Waals surface area (Å²) in [7, 11) is -3.24. The quantitative estimate of drug-likeness (QED) is 0.692. The molecule has 0 radical (unpaired) electrons. The molecule has 2 heterocycles. The first-order chi connectivity index (χ1) is 12.7. The Morgan fingerprint density at radius 2 is 2.07 bits per heavy atom. The minimum absolute atomic E-state index is 0.0410. The molecule has 27 heavy (non-hydrogen) atoms. The summed E-state index contributed by atoms with van der Waals surface area (Å²) in [6.07, 6.45) is -0.0254. The second-order valence-corrected chi connectivity index (χ2v) is 10.6. The molecule has 1 N–H and O–H groups in total. The average Bonchev–Trinajstić information content (AvgIpc) is 2.98. The molecule has 11 heteroatoms. The van der Waals surface area contributed by atoms with Crippen molar-refractivity contribution in [1.29, 1.82) is 0 Å². The number of rotatable bonds is 5. The third-order valence-electron chi connectivity index (χ3n) is 4.24. The number of nitrogens with zero attached hydrogens (tertiary/aromatic N) is 2. The molecule has 2 saturated heterocycles. The van der Waals surface area contributed by atoms with Crippen LogP contribution < -0.4 is 4.90 Å². The van der Waals surface area contributed by atoms with Gasteiger partial charge in [-0.3, -0.25) is 9.59 Å². The van der Waals surface area contributed by atoms with Crippen molar-refractivity contribution in [3.05, 3.63) is 28.5 Å². The predicted octanol–water partition coefficient (Wildman–Crippen LogP) is 2.44. The van der Waals surface area contributed by atoms with Crippen molar-refractivity contribution in [3.63, 3.8) is 0 Å². The summed E-state index contributed by atoms with van der Waals surface area (Å²) < 4.78 is 39.0. The number of anilines is 1. The van der Waals surface area contributed by atoms with Gasteiger partial charge in [-0.15, -0.1) is 0 Å². The van der Waals surface area contributed by atoms with Crippen molar-refractivity contribution < 1.29 is 27.5 Å². The Hall–Kier alpha value is -1.46. The highest BCUT2D eigenvalue weighted by Gasteiger charge is 2.49. The Bertz CT molecular complexity index is 921. The number of sulfone groups is 1. The molecule has 0 unspecified atom stereocenters. The molecule has 0 aliphatic carbocycles. The van der Waals surface area contributed by atoms with Crippen LogP contribution in [0.15, 0.2) is 27.7 Å². The summed E-state index contributed by atoms with van der Waals surface area (Å²) >= 11 is 4.33. The number of halogens is 2. The molecule has 2 atom stereocenters. The van der Waals surface area contributed by atoms with Crippen LogP contribution in [0.1, 0.15) is 19.3 Å². The van der Waals surface area contributed by atoms with Gasteiger partial charge in [0.2, 0.25) is 5.91 Å². The van der Waals surface area contributed by atoms with Crippen molar-refractivity contribution in [2.75, 3.05) is 16.4 Å². The van der Waals surface area contributed by atoms with E-state index in [1.54, 1.807) is 6.07 Å². The second-order valence-electron chi connectivity index (χ2n) is 6.30. The van der Waals surface area contributed by atoms with Crippen molar-refractivity contribution in [2.45, 2.75) is 30.6 Å². The van der Waals surface area contributed by atoms with Crippen molar-refractivity contribution in [1.82, 2.24) is 0 Å². The number of carbonyl (C=O) groups is 2. The summed E-state index contributed by atoms with van der Waals surface area (Å²) in [6.45, 7) is 0. The number of amidine groups is 1. The highest BCUT2D eigenvalue weighted by molar-refractivity contribution is 9.10. The molecule has 0 spiro atoms. The SMILES string of the molecule is O=C(O)CCCC(=O)N=C1S[C@H]2CS(=O)(=O)C[C@@H]2N1c1ccc(Br)cc1F. The van der Waals surface area contributed by atoms with Gasteiger partial charge in [-0.05, 0) is 24.6 Å². The minimum Gasteiger partial charge on any atom is -0.481 e. The van der Waals surface area contributed by atoms with E-state index in [9.17, 15) is 22.4 Å². The summed E-state index contributed by atoms with van der Waals surface area (Å²) in [4.78, 5) is 28.2. The zero-order chi connectivity index (χ0) is 19.8. The maximum atomic E-state index is 14.5. The monoisotopic (exact) mass is 478 g/mol. The number of aliphatic carboxylic acids is 1. The highest BCUT2D eigenvalue weighted by atomic mass is 79.9. The summed E-state index contributed by atoms with van der Waals surface area (Å²) in [5.41, 5.74) is 0.160. The van der Waals surface area contributed by atoms with Crippen LogP contribution in [0.2, 0.25) is 0 Å². The lowest BCUT2D eigenvalue weighted by Gasteiger charge is -2.25. The number of thioether (sulfide) groups is 1. The number of amides is 1. The third-order valence-corrected chi connectivity index (χ3v) is 7.94. The lowest BCUT2D eigenvalue weighted by Crippen LogP contribution is -2.38. The molecule has 2 aliphatic rings. The first-order valence-corrected chi connectivity index (χ1v) is 11.6. The van der Waals surface area contributed by atoms with Gasteiger partial charge in [-0.2, -0.15) is 4.99 Å². The van der Waals surface area contributed by atoms with Crippen molar-refractivity contribution in [3.8, 4) is 0 Å². The van der Waals surface area contributed by atoms with E-state index in [-0.39, 0.29) is 46.9 Å². The fourth-order valence-corrected chi connectivity index (χ4v) is 7.33. The first-order valence-electron chi connectivity index (χ1n) is 8.11. The Labute approximate surface area is 168 Å². The predicted molar refractivity (Wildman–Crippen MR) is 104 cm³/mol. The van der Waals surface area contributed by atoms with Crippen LogP contribution in [0.4, 0.5) is 10.1 Å². The van der Waals surface area contributed by atoms with Gasteiger partial charge < -0.3 is 10.0 Å². The molecule has 0 bridgehead atoms. The Balaban J connectivity index is 1.89. The number of benzene rings is 1. The number of carbonyl (C=O) groups excluding carboxylic acids is 1. The summed E-state index contributed by atoms with van der Waals surface area (Å²) in [5.74, 6) is -2.25. The van der Waals surface area contributed by atoms with Crippen LogP contribution in [0, 0.1) is 5.82 Å². The van der Waals surface area contributed by atoms with Crippen molar-refractivity contribution >= 4 is 60.3 Å². The molecule has 7 nitrogen and oxygen atoms in total. The van der Waals surface area contributed by atoms with E-state index in [2.05, 4.69) is 20.9 Å². The highest BCUT2D eigenvalue weighted by Crippen LogP contribution is 2.42. The number of carboxylic acids is 1. The topological polar surface area (TPSA) is 104 Å². The fourth-order valence-electron chi connectivity index (χ4n) is 3.08. The van der Waals surface area contributed by atoms with Crippen molar-refractivity contribution in [2.24, 2.45) is 4.99 Å². The maximum Gasteiger partial charge on any atom is 0.303 e. The van der Waals surface area contributed by atoms with E-state index in [0.717, 1.165) is 11.8 Å². The van der Waals surface area contributed by atoms with E-state index in [0.29, 0.717) is 4.47 Å². The number of carboxylic acid groups (broad SMARTS) is 1. The lowest BCUT2D eigenvalue weighted by atomic mass is 10.2. The molecule has 146 valence electrons. The van der Waals surface area contributed by atoms with E-state index in [1.165, 1.54) is 17.0 Å². The molecular weight excluding hydrogens is 463 g/mol. The first kappa shape index (κ1) is 20.3. The number of fused-ring (bicyclic) bond motifs is 1. The third kappa shape index (κ3) is 4.69. The molecule has 2 aliphatic heterocycles. The van der Waals surface area contributed by atoms with Gasteiger partial charge in [-0.1, -0.05) is 27.7 Å². The summed E-state index contributed by atoms with van der Waals surface area (Å²) in [5, 5.41) is 8.57. The van der Waals surface area contributed by atoms with Gasteiger partial charge in [0, 0.05) is 22.6 Å². The van der Waals surface area contributed by atoms with E-state index in [1.807, 2.05) is 0 Å². The molecule has 1 aromatic carbocycles. The summed E-state index contributed by atoms with van der Waals surface area (Å²) in [6, 6.07) is 3.91. The lowest BCUT2D eigenvalue weighted by molar-refractivity contribution is -0.137. The van der Waals surface area contributed by atoms with Gasteiger partial charge in [0.25, 0.3) is 0 Å². The van der Waals surface area contributed by atoms with Gasteiger partial charge >= 0.3 is 5.97 Å². The number of hydrogen-bond donors (Lipinski definition) is 1. The van der Waals surface area contributed by atoms with E-state index in [4.69, 9.17) is 5.11 Å².